The first-order valence-electron chi connectivity index (χ1n) is 5.53. The second kappa shape index (κ2) is 8.50. The molecule has 0 aliphatic carbocycles. The van der Waals surface area contributed by atoms with Gasteiger partial charge in [0, 0.05) is 5.57 Å². The average molecular weight is 266 g/mol. The van der Waals surface area contributed by atoms with Crippen molar-refractivity contribution in [1.82, 2.24) is 0 Å². The molecule has 1 unspecified atom stereocenters. The Bertz CT molecular complexity index is 249. The minimum atomic E-state index is -0.360. The Morgan fingerprint density at radius 1 is 1.41 bits per heavy atom. The summed E-state index contributed by atoms with van der Waals surface area (Å²) in [5.41, 5.74) is 0.409. The fraction of sp³-hybridized carbons (Fsp3) is 0.750. The molecule has 102 valence electrons. The number of carbonyl (C=O) groups is 1. The fourth-order valence-electron chi connectivity index (χ4n) is 1.33. The molecule has 0 aliphatic heterocycles. The molecule has 0 bridgehead atoms. The Morgan fingerprint density at radius 3 is 2.35 bits per heavy atom. The molecule has 4 nitrogen and oxygen atoms in total. The third-order valence-electron chi connectivity index (χ3n) is 2.02. The molecule has 0 amide bonds. The number of carbonyl (C=O) groups excluding carboxylic acids is 1. The average Bonchev–Trinajstić information content (AvgIpc) is 2.08. The van der Waals surface area contributed by atoms with E-state index in [2.05, 4.69) is 6.58 Å². The maximum atomic E-state index is 11.0. The van der Waals surface area contributed by atoms with E-state index < -0.39 is 0 Å². The predicted molar refractivity (Wildman–Crippen MR) is 63.9 cm³/mol. The molecule has 0 aromatic heterocycles. The summed E-state index contributed by atoms with van der Waals surface area (Å²) in [6.45, 7) is 6.16. The standard InChI is InChI=1S/C12H24NO3.ClH/c1-10(2)12(15)16-8-6-7-11(14)9-13(3,4)5;/h11,14H,1,6-9H2,2-5H3;1H/q+1;/p-1. The van der Waals surface area contributed by atoms with E-state index in [1.54, 1.807) is 6.92 Å². The van der Waals surface area contributed by atoms with Crippen LogP contribution in [0.5, 0.6) is 0 Å². The molecule has 1 atom stereocenters. The quantitative estimate of drug-likeness (QED) is 0.250. The minimum absolute atomic E-state index is 0. The first kappa shape index (κ1) is 18.8. The van der Waals surface area contributed by atoms with Gasteiger partial charge in [0.1, 0.15) is 12.6 Å². The number of likely N-dealkylation sites (N-methyl/N-ethyl adjacent to an activating group) is 1. The van der Waals surface area contributed by atoms with Crippen molar-refractivity contribution in [3.05, 3.63) is 12.2 Å². The summed E-state index contributed by atoms with van der Waals surface area (Å²) in [7, 11) is 6.10. The highest BCUT2D eigenvalue weighted by Crippen LogP contribution is 2.03. The monoisotopic (exact) mass is 265 g/mol. The molecular weight excluding hydrogens is 242 g/mol. The van der Waals surface area contributed by atoms with Crippen LogP contribution in [0.1, 0.15) is 19.8 Å². The van der Waals surface area contributed by atoms with Crippen molar-refractivity contribution in [3.8, 4) is 0 Å². The van der Waals surface area contributed by atoms with Gasteiger partial charge in [0.15, 0.2) is 0 Å². The topological polar surface area (TPSA) is 46.5 Å². The summed E-state index contributed by atoms with van der Waals surface area (Å²) in [5.74, 6) is -0.360. The molecule has 0 saturated carbocycles. The number of hydrogen-bond donors (Lipinski definition) is 1. The third-order valence-corrected chi connectivity index (χ3v) is 2.02. The van der Waals surface area contributed by atoms with Crippen LogP contribution in [0.2, 0.25) is 0 Å². The van der Waals surface area contributed by atoms with Crippen LogP contribution in [0.4, 0.5) is 0 Å². The zero-order valence-corrected chi connectivity index (χ0v) is 12.0. The van der Waals surface area contributed by atoms with Crippen molar-refractivity contribution in [2.75, 3.05) is 34.3 Å². The van der Waals surface area contributed by atoms with Crippen LogP contribution >= 0.6 is 0 Å². The Balaban J connectivity index is 0. The highest BCUT2D eigenvalue weighted by atomic mass is 35.5. The van der Waals surface area contributed by atoms with E-state index in [4.69, 9.17) is 4.74 Å². The smallest absolute Gasteiger partial charge is 0.333 e. The van der Waals surface area contributed by atoms with Gasteiger partial charge < -0.3 is 26.7 Å². The van der Waals surface area contributed by atoms with Crippen LogP contribution in [-0.2, 0) is 9.53 Å². The van der Waals surface area contributed by atoms with E-state index >= 15 is 0 Å². The summed E-state index contributed by atoms with van der Waals surface area (Å²) in [5, 5.41) is 9.69. The molecule has 0 spiro atoms. The van der Waals surface area contributed by atoms with E-state index in [0.717, 1.165) is 4.48 Å². The normalized spacial score (nSPS) is 12.5. The maximum Gasteiger partial charge on any atom is 0.333 e. The lowest BCUT2D eigenvalue weighted by molar-refractivity contribution is -0.873. The lowest BCUT2D eigenvalue weighted by Gasteiger charge is -2.26. The zero-order chi connectivity index (χ0) is 12.8. The lowest BCUT2D eigenvalue weighted by Crippen LogP contribution is -3.00. The Labute approximate surface area is 110 Å². The van der Waals surface area contributed by atoms with Crippen molar-refractivity contribution in [2.24, 2.45) is 0 Å². The molecule has 0 saturated heterocycles. The lowest BCUT2D eigenvalue weighted by atomic mass is 10.2. The van der Waals surface area contributed by atoms with Crippen LogP contribution in [0.3, 0.4) is 0 Å². The first-order chi connectivity index (χ1) is 7.22. The number of nitrogens with zero attached hydrogens (tertiary/aromatic N) is 1. The summed E-state index contributed by atoms with van der Waals surface area (Å²) >= 11 is 0. The van der Waals surface area contributed by atoms with E-state index in [-0.39, 0.29) is 24.5 Å². The number of rotatable bonds is 7. The van der Waals surface area contributed by atoms with Crippen molar-refractivity contribution in [2.45, 2.75) is 25.9 Å². The molecule has 0 fully saturated rings. The molecule has 0 aromatic carbocycles. The molecule has 0 aliphatic rings. The Hall–Kier alpha value is -0.580. The van der Waals surface area contributed by atoms with Crippen molar-refractivity contribution in [1.29, 1.82) is 0 Å². The molecule has 0 rings (SSSR count). The molecule has 17 heavy (non-hydrogen) atoms. The zero-order valence-electron chi connectivity index (χ0n) is 11.2. The first-order valence-corrected chi connectivity index (χ1v) is 5.53. The second-order valence-electron chi connectivity index (χ2n) is 5.19. The number of aliphatic hydroxyl groups excluding tert-OH is 1. The van der Waals surface area contributed by atoms with E-state index in [1.165, 1.54) is 0 Å². The number of esters is 1. The van der Waals surface area contributed by atoms with E-state index in [0.29, 0.717) is 31.6 Å². The van der Waals surface area contributed by atoms with Gasteiger partial charge in [0.05, 0.1) is 27.7 Å². The number of aliphatic hydroxyl groups is 1. The van der Waals surface area contributed by atoms with Gasteiger partial charge in [0.2, 0.25) is 0 Å². The molecule has 0 heterocycles. The van der Waals surface area contributed by atoms with Gasteiger partial charge in [0.25, 0.3) is 0 Å². The third kappa shape index (κ3) is 11.7. The van der Waals surface area contributed by atoms with Gasteiger partial charge in [-0.1, -0.05) is 6.58 Å². The van der Waals surface area contributed by atoms with Gasteiger partial charge in [-0.2, -0.15) is 0 Å². The summed E-state index contributed by atoms with van der Waals surface area (Å²) in [4.78, 5) is 11.0. The van der Waals surface area contributed by atoms with Crippen LogP contribution in [-0.4, -0.2) is 56.0 Å². The summed E-state index contributed by atoms with van der Waals surface area (Å²) in [6.07, 6.45) is 0.989. The molecular formula is C12H24ClNO3. The number of hydrogen-bond acceptors (Lipinski definition) is 3. The Morgan fingerprint density at radius 2 is 1.94 bits per heavy atom. The summed E-state index contributed by atoms with van der Waals surface area (Å²) in [6, 6.07) is 0. The van der Waals surface area contributed by atoms with Crippen LogP contribution in [0.15, 0.2) is 12.2 Å². The van der Waals surface area contributed by atoms with Gasteiger partial charge >= 0.3 is 5.97 Å². The molecule has 1 N–H and O–H groups in total. The SMILES string of the molecule is C=C(C)C(=O)OCCCC(O)C[N+](C)(C)C.[Cl-]. The van der Waals surface area contributed by atoms with Crippen LogP contribution < -0.4 is 12.4 Å². The Kier molecular flexibility index (Phi) is 9.39. The van der Waals surface area contributed by atoms with Crippen molar-refractivity contribution >= 4 is 5.97 Å². The van der Waals surface area contributed by atoms with Crippen LogP contribution in [0.25, 0.3) is 0 Å². The molecule has 0 aromatic rings. The second-order valence-corrected chi connectivity index (χ2v) is 5.19. The minimum Gasteiger partial charge on any atom is -1.00 e. The molecule has 5 heteroatoms. The van der Waals surface area contributed by atoms with Gasteiger partial charge in [-0.25, -0.2) is 4.79 Å². The van der Waals surface area contributed by atoms with E-state index in [9.17, 15) is 9.90 Å². The largest absolute Gasteiger partial charge is 1.00 e. The number of ether oxygens (including phenoxy) is 1. The van der Waals surface area contributed by atoms with E-state index in [1.807, 2.05) is 21.1 Å². The number of quaternary nitrogens is 1. The molecule has 0 radical (unpaired) electrons. The highest BCUT2D eigenvalue weighted by molar-refractivity contribution is 5.86. The number of halogens is 1. The van der Waals surface area contributed by atoms with Crippen LogP contribution in [0, 0.1) is 0 Å². The van der Waals surface area contributed by atoms with Crippen molar-refractivity contribution in [3.63, 3.8) is 0 Å². The summed E-state index contributed by atoms with van der Waals surface area (Å²) < 4.78 is 5.66. The highest BCUT2D eigenvalue weighted by Gasteiger charge is 2.15. The predicted octanol–water partition coefficient (Wildman–Crippen LogP) is -2.04. The maximum absolute atomic E-state index is 11.0. The van der Waals surface area contributed by atoms with Crippen molar-refractivity contribution < 1.29 is 31.5 Å². The fourth-order valence-corrected chi connectivity index (χ4v) is 1.33. The van der Waals surface area contributed by atoms with Gasteiger partial charge in [-0.15, -0.1) is 0 Å². The van der Waals surface area contributed by atoms with Gasteiger partial charge in [-0.3, -0.25) is 0 Å². The van der Waals surface area contributed by atoms with Gasteiger partial charge in [-0.05, 0) is 19.8 Å².